The lowest BCUT2D eigenvalue weighted by Gasteiger charge is -2.11. The van der Waals surface area contributed by atoms with E-state index in [0.29, 0.717) is 29.5 Å². The Kier molecular flexibility index (Phi) is 4.97. The molecular formula is C12H16BrN5O3. The molecule has 0 aromatic carbocycles. The van der Waals surface area contributed by atoms with Crippen LogP contribution in [0.1, 0.15) is 5.69 Å². The van der Waals surface area contributed by atoms with Crippen molar-refractivity contribution >= 4 is 21.9 Å². The van der Waals surface area contributed by atoms with Crippen molar-refractivity contribution in [1.29, 1.82) is 0 Å². The van der Waals surface area contributed by atoms with Gasteiger partial charge in [-0.3, -0.25) is 4.79 Å². The minimum atomic E-state index is -0.242. The number of aromatic nitrogens is 4. The molecule has 2 aromatic heterocycles. The summed E-state index contributed by atoms with van der Waals surface area (Å²) in [5, 5.41) is 16.5. The number of ether oxygens (including phenoxy) is 1. The van der Waals surface area contributed by atoms with Crippen LogP contribution in [0.3, 0.4) is 0 Å². The van der Waals surface area contributed by atoms with Gasteiger partial charge in [-0.15, -0.1) is 5.10 Å². The Morgan fingerprint density at radius 1 is 1.48 bits per heavy atom. The van der Waals surface area contributed by atoms with E-state index < -0.39 is 0 Å². The number of hydrogen-bond acceptors (Lipinski definition) is 6. The number of nitrogens with one attached hydrogen (secondary N) is 1. The summed E-state index contributed by atoms with van der Waals surface area (Å²) in [7, 11) is 1.57. The Hall–Kier alpha value is -1.87. The average molecular weight is 358 g/mol. The van der Waals surface area contributed by atoms with Gasteiger partial charge in [-0.25, -0.2) is 4.68 Å². The van der Waals surface area contributed by atoms with Crippen LogP contribution in [0.5, 0.6) is 5.75 Å². The first kappa shape index (κ1) is 15.5. The molecule has 9 heteroatoms. The third-order valence-corrected chi connectivity index (χ3v) is 3.17. The molecular weight excluding hydrogens is 342 g/mol. The molecule has 0 bridgehead atoms. The van der Waals surface area contributed by atoms with E-state index in [4.69, 9.17) is 4.74 Å². The van der Waals surface area contributed by atoms with Crippen LogP contribution in [0.25, 0.3) is 0 Å². The summed E-state index contributed by atoms with van der Waals surface area (Å²) in [6.45, 7) is 2.98. The lowest BCUT2D eigenvalue weighted by molar-refractivity contribution is 0.122. The second-order valence-electron chi connectivity index (χ2n) is 4.39. The average Bonchev–Trinajstić information content (AvgIpc) is 2.73. The van der Waals surface area contributed by atoms with Gasteiger partial charge in [-0.2, -0.15) is 4.98 Å². The van der Waals surface area contributed by atoms with E-state index in [1.807, 2.05) is 0 Å². The highest BCUT2D eigenvalue weighted by Gasteiger charge is 2.08. The van der Waals surface area contributed by atoms with Crippen LogP contribution in [0.15, 0.2) is 21.7 Å². The smallest absolute Gasteiger partial charge is 0.254 e. The van der Waals surface area contributed by atoms with Crippen molar-refractivity contribution in [1.82, 2.24) is 19.3 Å². The molecule has 0 amide bonds. The fourth-order valence-electron chi connectivity index (χ4n) is 1.94. The van der Waals surface area contributed by atoms with Gasteiger partial charge in [-0.1, -0.05) is 0 Å². The third kappa shape index (κ3) is 3.82. The van der Waals surface area contributed by atoms with Gasteiger partial charge >= 0.3 is 0 Å². The van der Waals surface area contributed by atoms with Crippen molar-refractivity contribution < 1.29 is 9.84 Å². The summed E-state index contributed by atoms with van der Waals surface area (Å²) in [5.74, 6) is 0.527. The van der Waals surface area contributed by atoms with Crippen molar-refractivity contribution in [3.05, 3.63) is 32.9 Å². The number of anilines is 1. The number of aryl methyl sites for hydroxylation is 1. The monoisotopic (exact) mass is 357 g/mol. The Morgan fingerprint density at radius 3 is 2.90 bits per heavy atom. The van der Waals surface area contributed by atoms with Crippen molar-refractivity contribution in [2.24, 2.45) is 0 Å². The predicted molar refractivity (Wildman–Crippen MR) is 80.3 cm³/mol. The summed E-state index contributed by atoms with van der Waals surface area (Å²) >= 11 is 3.20. The highest BCUT2D eigenvalue weighted by molar-refractivity contribution is 9.10. The van der Waals surface area contributed by atoms with Crippen molar-refractivity contribution in [2.45, 2.75) is 20.2 Å². The topological polar surface area (TPSA) is 94.2 Å². The van der Waals surface area contributed by atoms with Crippen molar-refractivity contribution in [3.8, 4) is 5.75 Å². The van der Waals surface area contributed by atoms with Gasteiger partial charge in [0.05, 0.1) is 0 Å². The standard InChI is InChI=1S/C12H16BrN5O3/c1-8-5-9(19)6-10(20)17(8)4-3-14-12-15-11(13)16-18(12)7-21-2/h5-6,19H,3-4,7H2,1-2H3,(H,14,15,16). The summed E-state index contributed by atoms with van der Waals surface area (Å²) in [6, 6.07) is 2.74. The van der Waals surface area contributed by atoms with Crippen molar-refractivity contribution in [2.75, 3.05) is 19.0 Å². The summed E-state index contributed by atoms with van der Waals surface area (Å²) in [5.41, 5.74) is 0.454. The van der Waals surface area contributed by atoms with E-state index in [1.165, 1.54) is 6.07 Å². The summed E-state index contributed by atoms with van der Waals surface area (Å²) < 4.78 is 8.61. The molecule has 0 unspecified atom stereocenters. The quantitative estimate of drug-likeness (QED) is 0.798. The van der Waals surface area contributed by atoms with Crippen LogP contribution in [0, 0.1) is 6.92 Å². The second kappa shape index (κ2) is 6.72. The molecule has 0 fully saturated rings. The van der Waals surface area contributed by atoms with E-state index in [-0.39, 0.29) is 18.0 Å². The zero-order valence-corrected chi connectivity index (χ0v) is 13.3. The number of methoxy groups -OCH3 is 1. The molecule has 0 saturated heterocycles. The molecule has 2 heterocycles. The lowest BCUT2D eigenvalue weighted by Crippen LogP contribution is -2.25. The van der Waals surface area contributed by atoms with Gasteiger partial charge in [0.1, 0.15) is 12.5 Å². The lowest BCUT2D eigenvalue weighted by atomic mass is 10.3. The van der Waals surface area contributed by atoms with Crippen molar-refractivity contribution in [3.63, 3.8) is 0 Å². The van der Waals surface area contributed by atoms with Crippen LogP contribution in [-0.4, -0.2) is 38.1 Å². The van der Waals surface area contributed by atoms with E-state index in [0.717, 1.165) is 0 Å². The van der Waals surface area contributed by atoms with E-state index in [9.17, 15) is 9.90 Å². The largest absolute Gasteiger partial charge is 0.508 e. The maximum atomic E-state index is 11.8. The van der Waals surface area contributed by atoms with Gasteiger partial charge in [0.15, 0.2) is 0 Å². The summed E-state index contributed by atoms with van der Waals surface area (Å²) in [4.78, 5) is 16.0. The van der Waals surface area contributed by atoms with Crippen LogP contribution >= 0.6 is 15.9 Å². The molecule has 8 nitrogen and oxygen atoms in total. The number of rotatable bonds is 6. The van der Waals surface area contributed by atoms with Gasteiger partial charge in [0.2, 0.25) is 10.7 Å². The van der Waals surface area contributed by atoms with Gasteiger partial charge < -0.3 is 19.7 Å². The maximum Gasteiger partial charge on any atom is 0.254 e. The summed E-state index contributed by atoms with van der Waals surface area (Å²) in [6.07, 6.45) is 0. The Morgan fingerprint density at radius 2 is 2.24 bits per heavy atom. The molecule has 0 aliphatic rings. The van der Waals surface area contributed by atoms with Gasteiger partial charge in [0.25, 0.3) is 5.56 Å². The minimum Gasteiger partial charge on any atom is -0.508 e. The maximum absolute atomic E-state index is 11.8. The molecule has 2 aromatic rings. The number of halogens is 1. The number of hydrogen-bond donors (Lipinski definition) is 2. The highest BCUT2D eigenvalue weighted by atomic mass is 79.9. The molecule has 0 radical (unpaired) electrons. The molecule has 0 spiro atoms. The number of pyridine rings is 1. The fraction of sp³-hybridized carbons (Fsp3) is 0.417. The first-order valence-electron chi connectivity index (χ1n) is 6.25. The zero-order valence-electron chi connectivity index (χ0n) is 11.7. The van der Waals surface area contributed by atoms with Crippen LogP contribution < -0.4 is 10.9 Å². The Balaban J connectivity index is 2.04. The molecule has 21 heavy (non-hydrogen) atoms. The zero-order chi connectivity index (χ0) is 15.4. The number of nitrogens with zero attached hydrogens (tertiary/aromatic N) is 4. The molecule has 0 aliphatic carbocycles. The van der Waals surface area contributed by atoms with Gasteiger partial charge in [0, 0.05) is 32.0 Å². The SMILES string of the molecule is COCn1nc(Br)nc1NCCn1c(C)cc(O)cc1=O. The normalized spacial score (nSPS) is 10.8. The Labute approximate surface area is 129 Å². The molecule has 0 atom stereocenters. The third-order valence-electron chi connectivity index (χ3n) is 2.84. The number of aromatic hydroxyl groups is 1. The first-order valence-corrected chi connectivity index (χ1v) is 7.04. The van der Waals surface area contributed by atoms with Crippen LogP contribution in [-0.2, 0) is 18.0 Å². The minimum absolute atomic E-state index is 0.0227. The van der Waals surface area contributed by atoms with E-state index in [1.54, 1.807) is 29.3 Å². The van der Waals surface area contributed by atoms with E-state index in [2.05, 4.69) is 31.3 Å². The van der Waals surface area contributed by atoms with Crippen LogP contribution in [0.2, 0.25) is 0 Å². The van der Waals surface area contributed by atoms with Gasteiger partial charge in [-0.05, 0) is 28.9 Å². The first-order chi connectivity index (χ1) is 10.0. The van der Waals surface area contributed by atoms with E-state index >= 15 is 0 Å². The molecule has 0 saturated carbocycles. The fourth-order valence-corrected chi connectivity index (χ4v) is 2.29. The predicted octanol–water partition coefficient (Wildman–Crippen LogP) is 0.932. The second-order valence-corrected chi connectivity index (χ2v) is 5.10. The molecule has 2 rings (SSSR count). The Bertz CT molecular complexity index is 682. The highest BCUT2D eigenvalue weighted by Crippen LogP contribution is 2.10. The molecule has 114 valence electrons. The molecule has 2 N–H and O–H groups in total. The van der Waals surface area contributed by atoms with Crippen LogP contribution in [0.4, 0.5) is 5.95 Å². The molecule has 0 aliphatic heterocycles.